The van der Waals surface area contributed by atoms with Gasteiger partial charge in [-0.1, -0.05) is 49.6 Å². The second-order valence-corrected chi connectivity index (χ2v) is 5.14. The smallest absolute Gasteiger partial charge is 0.0648 e. The van der Waals surface area contributed by atoms with Gasteiger partial charge in [0.25, 0.3) is 0 Å². The molecule has 0 heterocycles. The number of aliphatic hydroxyl groups excluding tert-OH is 1. The number of hydrogen-bond donors (Lipinski definition) is 2. The van der Waals surface area contributed by atoms with Gasteiger partial charge in [0, 0.05) is 12.5 Å². The zero-order valence-electron chi connectivity index (χ0n) is 10.4. The van der Waals surface area contributed by atoms with Gasteiger partial charge in [0.15, 0.2) is 0 Å². The quantitative estimate of drug-likeness (QED) is 0.840. The minimum atomic E-state index is -0.275. The van der Waals surface area contributed by atoms with Crippen molar-refractivity contribution in [1.82, 2.24) is 0 Å². The van der Waals surface area contributed by atoms with E-state index in [0.29, 0.717) is 12.5 Å². The lowest BCUT2D eigenvalue weighted by Crippen LogP contribution is -2.33. The molecule has 1 aliphatic rings. The first-order valence-electron chi connectivity index (χ1n) is 6.76. The summed E-state index contributed by atoms with van der Waals surface area (Å²) in [4.78, 5) is 0. The molecule has 0 bridgehead atoms. The van der Waals surface area contributed by atoms with Crippen molar-refractivity contribution in [3.63, 3.8) is 0 Å². The molecule has 1 saturated carbocycles. The molecule has 0 spiro atoms. The molecular formula is C15H23NO. The fraction of sp³-hybridized carbons (Fsp3) is 0.600. The molecule has 0 aromatic heterocycles. The van der Waals surface area contributed by atoms with Gasteiger partial charge in [-0.2, -0.15) is 0 Å². The Balaban J connectivity index is 2.07. The second kappa shape index (κ2) is 6.18. The topological polar surface area (TPSA) is 46.2 Å². The van der Waals surface area contributed by atoms with Crippen LogP contribution in [0.2, 0.25) is 0 Å². The Morgan fingerprint density at radius 3 is 2.35 bits per heavy atom. The van der Waals surface area contributed by atoms with Gasteiger partial charge >= 0.3 is 0 Å². The molecule has 0 amide bonds. The highest BCUT2D eigenvalue weighted by atomic mass is 16.3. The van der Waals surface area contributed by atoms with Crippen molar-refractivity contribution in [3.05, 3.63) is 35.9 Å². The summed E-state index contributed by atoms with van der Waals surface area (Å²) < 4.78 is 0. The summed E-state index contributed by atoms with van der Waals surface area (Å²) in [5.41, 5.74) is 7.03. The van der Waals surface area contributed by atoms with Crippen LogP contribution >= 0.6 is 0 Å². The third kappa shape index (κ3) is 3.08. The molecule has 3 N–H and O–H groups in total. The third-order valence-electron chi connectivity index (χ3n) is 4.03. The lowest BCUT2D eigenvalue weighted by molar-refractivity contribution is 0.0624. The SMILES string of the molecule is NCC(c1ccccc1)C(O)C1CCCCC1. The first-order chi connectivity index (χ1) is 8.33. The van der Waals surface area contributed by atoms with Crippen molar-refractivity contribution in [2.45, 2.75) is 44.1 Å². The normalized spacial score (nSPS) is 21.1. The lowest BCUT2D eigenvalue weighted by Gasteiger charge is -2.32. The van der Waals surface area contributed by atoms with Crippen molar-refractivity contribution < 1.29 is 5.11 Å². The highest BCUT2D eigenvalue weighted by molar-refractivity contribution is 5.21. The Hall–Kier alpha value is -0.860. The van der Waals surface area contributed by atoms with E-state index in [9.17, 15) is 5.11 Å². The lowest BCUT2D eigenvalue weighted by atomic mass is 9.78. The zero-order chi connectivity index (χ0) is 12.1. The number of hydrogen-bond acceptors (Lipinski definition) is 2. The number of benzene rings is 1. The Morgan fingerprint density at radius 2 is 1.76 bits per heavy atom. The van der Waals surface area contributed by atoms with Crippen molar-refractivity contribution in [2.24, 2.45) is 11.7 Å². The van der Waals surface area contributed by atoms with Crippen LogP contribution in [0.5, 0.6) is 0 Å². The minimum absolute atomic E-state index is 0.0966. The van der Waals surface area contributed by atoms with E-state index in [1.165, 1.54) is 24.8 Å². The van der Waals surface area contributed by atoms with Gasteiger partial charge in [0.1, 0.15) is 0 Å². The van der Waals surface area contributed by atoms with Crippen LogP contribution < -0.4 is 5.73 Å². The van der Waals surface area contributed by atoms with Crippen LogP contribution in [0.1, 0.15) is 43.6 Å². The molecule has 2 unspecified atom stereocenters. The summed E-state index contributed by atoms with van der Waals surface area (Å²) in [7, 11) is 0. The van der Waals surface area contributed by atoms with Gasteiger partial charge in [-0.15, -0.1) is 0 Å². The van der Waals surface area contributed by atoms with Crippen LogP contribution in [0, 0.1) is 5.92 Å². The molecule has 1 aliphatic carbocycles. The number of aliphatic hydroxyl groups is 1. The molecule has 1 aromatic rings. The summed E-state index contributed by atoms with van der Waals surface area (Å²) in [6.07, 6.45) is 5.88. The predicted octanol–water partition coefficient (Wildman–Crippen LogP) is 2.67. The summed E-state index contributed by atoms with van der Waals surface area (Å²) in [5, 5.41) is 10.5. The number of rotatable bonds is 4. The summed E-state index contributed by atoms with van der Waals surface area (Å²) >= 11 is 0. The highest BCUT2D eigenvalue weighted by Crippen LogP contribution is 2.32. The maximum absolute atomic E-state index is 10.5. The fourth-order valence-electron chi connectivity index (χ4n) is 2.98. The molecule has 17 heavy (non-hydrogen) atoms. The second-order valence-electron chi connectivity index (χ2n) is 5.14. The van der Waals surface area contributed by atoms with Crippen molar-refractivity contribution in [1.29, 1.82) is 0 Å². The molecule has 2 rings (SSSR count). The number of nitrogens with two attached hydrogens (primary N) is 1. The minimum Gasteiger partial charge on any atom is -0.392 e. The predicted molar refractivity (Wildman–Crippen MR) is 70.8 cm³/mol. The molecule has 2 heteroatoms. The molecule has 0 saturated heterocycles. The molecule has 1 fully saturated rings. The van der Waals surface area contributed by atoms with Crippen LogP contribution in [-0.2, 0) is 0 Å². The Bertz CT molecular complexity index is 319. The molecule has 2 nitrogen and oxygen atoms in total. The van der Waals surface area contributed by atoms with E-state index < -0.39 is 0 Å². The van der Waals surface area contributed by atoms with Crippen LogP contribution in [0.15, 0.2) is 30.3 Å². The van der Waals surface area contributed by atoms with E-state index in [0.717, 1.165) is 12.8 Å². The maximum Gasteiger partial charge on any atom is 0.0648 e. The van der Waals surface area contributed by atoms with Crippen LogP contribution in [0.25, 0.3) is 0 Å². The Kier molecular flexibility index (Phi) is 4.57. The summed E-state index contributed by atoms with van der Waals surface area (Å²) in [6.45, 7) is 0.529. The third-order valence-corrected chi connectivity index (χ3v) is 4.03. The monoisotopic (exact) mass is 233 g/mol. The Morgan fingerprint density at radius 1 is 1.12 bits per heavy atom. The van der Waals surface area contributed by atoms with Crippen molar-refractivity contribution in [2.75, 3.05) is 6.54 Å². The average Bonchev–Trinajstić information content (AvgIpc) is 2.42. The van der Waals surface area contributed by atoms with Gasteiger partial charge < -0.3 is 10.8 Å². The van der Waals surface area contributed by atoms with Crippen molar-refractivity contribution in [3.8, 4) is 0 Å². The average molecular weight is 233 g/mol. The van der Waals surface area contributed by atoms with E-state index >= 15 is 0 Å². The molecule has 0 radical (unpaired) electrons. The zero-order valence-corrected chi connectivity index (χ0v) is 10.4. The van der Waals surface area contributed by atoms with Gasteiger partial charge in [-0.25, -0.2) is 0 Å². The molecule has 0 aliphatic heterocycles. The Labute approximate surface area is 104 Å². The van der Waals surface area contributed by atoms with E-state index in [-0.39, 0.29) is 12.0 Å². The molecule has 1 aromatic carbocycles. The fourth-order valence-corrected chi connectivity index (χ4v) is 2.98. The molecular weight excluding hydrogens is 210 g/mol. The van der Waals surface area contributed by atoms with E-state index in [1.807, 2.05) is 18.2 Å². The van der Waals surface area contributed by atoms with Gasteiger partial charge in [-0.05, 0) is 24.3 Å². The van der Waals surface area contributed by atoms with Crippen molar-refractivity contribution >= 4 is 0 Å². The summed E-state index contributed by atoms with van der Waals surface area (Å²) in [6, 6.07) is 10.2. The standard InChI is InChI=1S/C15H23NO/c16-11-14(12-7-3-1-4-8-12)15(17)13-9-5-2-6-10-13/h1,3-4,7-8,13-15,17H,2,5-6,9-11,16H2. The van der Waals surface area contributed by atoms with Gasteiger partial charge in [0.05, 0.1) is 6.10 Å². The first kappa shape index (κ1) is 12.6. The van der Waals surface area contributed by atoms with Crippen LogP contribution in [0.3, 0.4) is 0 Å². The highest BCUT2D eigenvalue weighted by Gasteiger charge is 2.28. The van der Waals surface area contributed by atoms with E-state index in [4.69, 9.17) is 5.73 Å². The van der Waals surface area contributed by atoms with E-state index in [2.05, 4.69) is 12.1 Å². The summed E-state index contributed by atoms with van der Waals surface area (Å²) in [5.74, 6) is 0.539. The van der Waals surface area contributed by atoms with Crippen LogP contribution in [0.4, 0.5) is 0 Å². The first-order valence-corrected chi connectivity index (χ1v) is 6.76. The van der Waals surface area contributed by atoms with Gasteiger partial charge in [-0.3, -0.25) is 0 Å². The van der Waals surface area contributed by atoms with Gasteiger partial charge in [0.2, 0.25) is 0 Å². The van der Waals surface area contributed by atoms with Crippen LogP contribution in [-0.4, -0.2) is 17.8 Å². The molecule has 94 valence electrons. The largest absolute Gasteiger partial charge is 0.392 e. The molecule has 2 atom stereocenters. The van der Waals surface area contributed by atoms with E-state index in [1.54, 1.807) is 0 Å². The maximum atomic E-state index is 10.5.